The molecule has 0 radical (unpaired) electrons. The van der Waals surface area contributed by atoms with Crippen LogP contribution in [0.1, 0.15) is 31.2 Å². The first-order chi connectivity index (χ1) is 9.54. The Bertz CT molecular complexity index is 539. The van der Waals surface area contributed by atoms with Gasteiger partial charge in [-0.25, -0.2) is 4.98 Å². The standard InChI is InChI=1S/C12H14N4O4/c13-7-9-6-10(16(19)20)12(15-8-9)14-5-3-1-2-4-11(17)18/h6,8H,1-5H2,(H,14,15)(H,17,18). The van der Waals surface area contributed by atoms with Gasteiger partial charge in [-0.1, -0.05) is 6.42 Å². The number of nitrogens with zero attached hydrogens (tertiary/aromatic N) is 3. The summed E-state index contributed by atoms with van der Waals surface area (Å²) in [6.45, 7) is 0.458. The summed E-state index contributed by atoms with van der Waals surface area (Å²) in [4.78, 5) is 24.4. The van der Waals surface area contributed by atoms with Crippen LogP contribution in [0.3, 0.4) is 0 Å². The van der Waals surface area contributed by atoms with Crippen molar-refractivity contribution in [3.05, 3.63) is 27.9 Å². The SMILES string of the molecule is N#Cc1cnc(NCCCCCC(=O)O)c([N+](=O)[O-])c1. The number of pyridine rings is 1. The van der Waals surface area contributed by atoms with Crippen LogP contribution in [0, 0.1) is 21.4 Å². The van der Waals surface area contributed by atoms with E-state index in [1.54, 1.807) is 6.07 Å². The molecule has 0 amide bonds. The second-order valence-corrected chi connectivity index (χ2v) is 4.09. The quantitative estimate of drug-likeness (QED) is 0.422. The maximum atomic E-state index is 10.9. The molecule has 0 aliphatic heterocycles. The zero-order chi connectivity index (χ0) is 15.0. The zero-order valence-corrected chi connectivity index (χ0v) is 10.7. The highest BCUT2D eigenvalue weighted by molar-refractivity contribution is 5.66. The number of rotatable bonds is 8. The maximum Gasteiger partial charge on any atom is 0.312 e. The monoisotopic (exact) mass is 278 g/mol. The van der Waals surface area contributed by atoms with Crippen molar-refractivity contribution < 1.29 is 14.8 Å². The van der Waals surface area contributed by atoms with E-state index in [2.05, 4.69) is 10.3 Å². The van der Waals surface area contributed by atoms with Crippen LogP contribution >= 0.6 is 0 Å². The molecule has 1 aromatic heterocycles. The molecular formula is C12H14N4O4. The van der Waals surface area contributed by atoms with Gasteiger partial charge in [-0.15, -0.1) is 0 Å². The van der Waals surface area contributed by atoms with Gasteiger partial charge in [-0.2, -0.15) is 5.26 Å². The fraction of sp³-hybridized carbons (Fsp3) is 0.417. The van der Waals surface area contributed by atoms with Crippen LogP contribution in [-0.2, 0) is 4.79 Å². The third kappa shape index (κ3) is 4.89. The Balaban J connectivity index is 2.49. The van der Waals surface area contributed by atoms with Crippen molar-refractivity contribution in [1.82, 2.24) is 4.98 Å². The van der Waals surface area contributed by atoms with Crippen LogP contribution in [0.2, 0.25) is 0 Å². The molecule has 20 heavy (non-hydrogen) atoms. The Morgan fingerprint density at radius 3 is 2.85 bits per heavy atom. The van der Waals surface area contributed by atoms with Crippen LogP contribution in [0.15, 0.2) is 12.3 Å². The minimum Gasteiger partial charge on any atom is -0.481 e. The summed E-state index contributed by atoms with van der Waals surface area (Å²) in [5.41, 5.74) is -0.113. The lowest BCUT2D eigenvalue weighted by Gasteiger charge is -2.05. The summed E-state index contributed by atoms with van der Waals surface area (Å²) in [6, 6.07) is 2.96. The van der Waals surface area contributed by atoms with Gasteiger partial charge in [0.15, 0.2) is 0 Å². The smallest absolute Gasteiger partial charge is 0.312 e. The fourth-order valence-electron chi connectivity index (χ4n) is 1.57. The number of anilines is 1. The van der Waals surface area contributed by atoms with Gasteiger partial charge >= 0.3 is 11.7 Å². The number of carboxylic acid groups (broad SMARTS) is 1. The van der Waals surface area contributed by atoms with Crippen molar-refractivity contribution in [3.8, 4) is 6.07 Å². The second-order valence-electron chi connectivity index (χ2n) is 4.09. The Morgan fingerprint density at radius 2 is 2.25 bits per heavy atom. The molecule has 106 valence electrons. The number of aliphatic carboxylic acids is 1. The number of carboxylic acids is 1. The maximum absolute atomic E-state index is 10.9. The first-order valence-electron chi connectivity index (χ1n) is 6.05. The molecule has 0 unspecified atom stereocenters. The molecule has 0 aliphatic carbocycles. The molecule has 0 bridgehead atoms. The third-order valence-corrected chi connectivity index (χ3v) is 2.55. The number of unbranched alkanes of at least 4 members (excludes halogenated alkanes) is 2. The van der Waals surface area contributed by atoms with Crippen LogP contribution in [0.4, 0.5) is 11.5 Å². The molecule has 0 saturated heterocycles. The highest BCUT2D eigenvalue weighted by atomic mass is 16.6. The second kappa shape index (κ2) is 7.68. The number of carbonyl (C=O) groups is 1. The van der Waals surface area contributed by atoms with E-state index >= 15 is 0 Å². The van der Waals surface area contributed by atoms with Gasteiger partial charge in [-0.05, 0) is 12.8 Å². The van der Waals surface area contributed by atoms with E-state index in [1.165, 1.54) is 12.3 Å². The summed E-state index contributed by atoms with van der Waals surface area (Å²) in [5.74, 6) is -0.713. The molecule has 0 aliphatic rings. The van der Waals surface area contributed by atoms with Crippen molar-refractivity contribution in [2.75, 3.05) is 11.9 Å². The molecule has 1 heterocycles. The topological polar surface area (TPSA) is 129 Å². The number of nitrogens with one attached hydrogen (secondary N) is 1. The number of aromatic nitrogens is 1. The Hall–Kier alpha value is -2.69. The van der Waals surface area contributed by atoms with Crippen LogP contribution in [0.25, 0.3) is 0 Å². The summed E-state index contributed by atoms with van der Waals surface area (Å²) in [5, 5.41) is 30.8. The van der Waals surface area contributed by atoms with Crippen LogP contribution in [-0.4, -0.2) is 27.5 Å². The first kappa shape index (κ1) is 15.4. The summed E-state index contributed by atoms with van der Waals surface area (Å²) >= 11 is 0. The third-order valence-electron chi connectivity index (χ3n) is 2.55. The van der Waals surface area contributed by atoms with E-state index in [9.17, 15) is 14.9 Å². The number of hydrogen-bond donors (Lipinski definition) is 2. The van der Waals surface area contributed by atoms with Crippen molar-refractivity contribution in [2.45, 2.75) is 25.7 Å². The molecule has 8 nitrogen and oxygen atoms in total. The van der Waals surface area contributed by atoms with Crippen molar-refractivity contribution in [1.29, 1.82) is 5.26 Å². The van der Waals surface area contributed by atoms with Gasteiger partial charge in [0.05, 0.1) is 10.5 Å². The molecule has 0 aromatic carbocycles. The summed E-state index contributed by atoms with van der Waals surface area (Å²) < 4.78 is 0. The van der Waals surface area contributed by atoms with E-state index in [0.717, 1.165) is 0 Å². The van der Waals surface area contributed by atoms with Crippen molar-refractivity contribution >= 4 is 17.5 Å². The molecule has 0 fully saturated rings. The first-order valence-corrected chi connectivity index (χ1v) is 6.05. The zero-order valence-electron chi connectivity index (χ0n) is 10.7. The van der Waals surface area contributed by atoms with Crippen LogP contribution in [0.5, 0.6) is 0 Å². The predicted molar refractivity (Wildman–Crippen MR) is 70.2 cm³/mol. The number of hydrogen-bond acceptors (Lipinski definition) is 6. The summed E-state index contributed by atoms with van der Waals surface area (Å²) in [6.07, 6.45) is 3.35. The Kier molecular flexibility index (Phi) is 5.90. The van der Waals surface area contributed by atoms with E-state index in [0.29, 0.717) is 25.8 Å². The predicted octanol–water partition coefficient (Wildman–Crippen LogP) is 1.92. The van der Waals surface area contributed by atoms with Crippen molar-refractivity contribution in [3.63, 3.8) is 0 Å². The Morgan fingerprint density at radius 1 is 1.50 bits per heavy atom. The highest BCUT2D eigenvalue weighted by Crippen LogP contribution is 2.22. The fourth-order valence-corrected chi connectivity index (χ4v) is 1.57. The van der Waals surface area contributed by atoms with Gasteiger partial charge in [0.25, 0.3) is 0 Å². The van der Waals surface area contributed by atoms with Gasteiger partial charge in [0.2, 0.25) is 5.82 Å². The molecule has 0 atom stereocenters. The Labute approximate surface area is 115 Å². The average Bonchev–Trinajstić information content (AvgIpc) is 2.42. The number of nitriles is 1. The normalized spacial score (nSPS) is 9.75. The molecule has 2 N–H and O–H groups in total. The van der Waals surface area contributed by atoms with Gasteiger partial charge < -0.3 is 10.4 Å². The molecule has 8 heteroatoms. The van der Waals surface area contributed by atoms with E-state index in [-0.39, 0.29) is 23.5 Å². The lowest BCUT2D eigenvalue weighted by atomic mass is 10.2. The average molecular weight is 278 g/mol. The molecule has 1 rings (SSSR count). The van der Waals surface area contributed by atoms with Crippen LogP contribution < -0.4 is 5.32 Å². The molecule has 0 spiro atoms. The minimum atomic E-state index is -0.831. The number of nitro groups is 1. The molecular weight excluding hydrogens is 264 g/mol. The lowest BCUT2D eigenvalue weighted by molar-refractivity contribution is -0.384. The largest absolute Gasteiger partial charge is 0.481 e. The highest BCUT2D eigenvalue weighted by Gasteiger charge is 2.15. The minimum absolute atomic E-state index is 0.118. The van der Waals surface area contributed by atoms with E-state index in [1.807, 2.05) is 0 Å². The van der Waals surface area contributed by atoms with Gasteiger partial charge in [0.1, 0.15) is 6.07 Å². The molecule has 0 saturated carbocycles. The molecule has 1 aromatic rings. The van der Waals surface area contributed by atoms with E-state index < -0.39 is 10.9 Å². The van der Waals surface area contributed by atoms with Crippen molar-refractivity contribution in [2.24, 2.45) is 0 Å². The van der Waals surface area contributed by atoms with Gasteiger partial charge in [-0.3, -0.25) is 14.9 Å². The summed E-state index contributed by atoms with van der Waals surface area (Å²) in [7, 11) is 0. The van der Waals surface area contributed by atoms with Gasteiger partial charge in [0, 0.05) is 25.2 Å². The lowest BCUT2D eigenvalue weighted by Crippen LogP contribution is -2.07. The van der Waals surface area contributed by atoms with E-state index in [4.69, 9.17) is 10.4 Å².